The molecule has 1 atom stereocenters. The van der Waals surface area contributed by atoms with Crippen molar-refractivity contribution in [1.29, 1.82) is 0 Å². The first-order chi connectivity index (χ1) is 8.29. The van der Waals surface area contributed by atoms with Crippen LogP contribution in [0.5, 0.6) is 5.75 Å². The first kappa shape index (κ1) is 14.7. The van der Waals surface area contributed by atoms with Crippen LogP contribution in [0.25, 0.3) is 0 Å². The van der Waals surface area contributed by atoms with Gasteiger partial charge in [0.05, 0.1) is 0 Å². The number of halogens is 4. The molecule has 3 nitrogen and oxygen atoms in total. The third-order valence-electron chi connectivity index (χ3n) is 2.03. The molecule has 0 aliphatic rings. The van der Waals surface area contributed by atoms with Crippen molar-refractivity contribution in [2.24, 2.45) is 5.73 Å². The minimum absolute atomic E-state index is 0.0761. The van der Waals surface area contributed by atoms with E-state index in [1.54, 1.807) is 6.92 Å². The van der Waals surface area contributed by atoms with Gasteiger partial charge in [-0.1, -0.05) is 6.07 Å². The van der Waals surface area contributed by atoms with Crippen LogP contribution in [0, 0.1) is 5.82 Å². The summed E-state index contributed by atoms with van der Waals surface area (Å²) >= 11 is 0. The van der Waals surface area contributed by atoms with Gasteiger partial charge in [-0.25, -0.2) is 4.39 Å². The predicted molar refractivity (Wildman–Crippen MR) is 56.5 cm³/mol. The van der Waals surface area contributed by atoms with Crippen molar-refractivity contribution in [3.8, 4) is 5.75 Å². The van der Waals surface area contributed by atoms with Crippen molar-refractivity contribution in [2.75, 3.05) is 13.4 Å². The van der Waals surface area contributed by atoms with Gasteiger partial charge in [0.25, 0.3) is 0 Å². The van der Waals surface area contributed by atoms with Crippen LogP contribution in [-0.2, 0) is 4.74 Å². The van der Waals surface area contributed by atoms with E-state index < -0.39 is 31.4 Å². The van der Waals surface area contributed by atoms with Crippen LogP contribution in [0.2, 0.25) is 0 Å². The average Bonchev–Trinajstić information content (AvgIpc) is 2.22. The molecule has 0 saturated heterocycles. The average molecular weight is 267 g/mol. The van der Waals surface area contributed by atoms with Crippen LogP contribution in [0.3, 0.4) is 0 Å². The fourth-order valence-electron chi connectivity index (χ4n) is 1.27. The van der Waals surface area contributed by atoms with Crippen molar-refractivity contribution in [2.45, 2.75) is 19.1 Å². The maximum absolute atomic E-state index is 13.0. The minimum Gasteiger partial charge on any atom is -0.467 e. The highest BCUT2D eigenvalue weighted by atomic mass is 19.4. The molecule has 2 N–H and O–H groups in total. The van der Waals surface area contributed by atoms with E-state index in [-0.39, 0.29) is 5.75 Å². The summed E-state index contributed by atoms with van der Waals surface area (Å²) in [5.74, 6) is -0.489. The summed E-state index contributed by atoms with van der Waals surface area (Å²) in [6.07, 6.45) is -4.42. The monoisotopic (exact) mass is 267 g/mol. The minimum atomic E-state index is -4.42. The zero-order valence-corrected chi connectivity index (χ0v) is 9.63. The van der Waals surface area contributed by atoms with E-state index in [0.717, 1.165) is 6.07 Å². The number of hydrogen-bond acceptors (Lipinski definition) is 3. The lowest BCUT2D eigenvalue weighted by Crippen LogP contribution is -2.19. The van der Waals surface area contributed by atoms with E-state index in [2.05, 4.69) is 4.74 Å². The van der Waals surface area contributed by atoms with Gasteiger partial charge >= 0.3 is 6.18 Å². The maximum Gasteiger partial charge on any atom is 0.411 e. The molecule has 102 valence electrons. The number of nitrogens with two attached hydrogens (primary N) is 1. The molecule has 18 heavy (non-hydrogen) atoms. The SMILES string of the molecule is CC(N)c1ccc(F)cc1OCOCC(F)(F)F. The molecule has 0 fully saturated rings. The highest BCUT2D eigenvalue weighted by molar-refractivity contribution is 5.35. The molecule has 1 unspecified atom stereocenters. The Labute approximate surface area is 101 Å². The second kappa shape index (κ2) is 6.01. The Morgan fingerprint density at radius 1 is 1.33 bits per heavy atom. The Kier molecular flexibility index (Phi) is 4.92. The van der Waals surface area contributed by atoms with Crippen molar-refractivity contribution >= 4 is 0 Å². The summed E-state index contributed by atoms with van der Waals surface area (Å²) in [6.45, 7) is -0.394. The van der Waals surface area contributed by atoms with Crippen molar-refractivity contribution in [3.63, 3.8) is 0 Å². The topological polar surface area (TPSA) is 44.5 Å². The van der Waals surface area contributed by atoms with Crippen LogP contribution in [0.15, 0.2) is 18.2 Å². The lowest BCUT2D eigenvalue weighted by molar-refractivity contribution is -0.186. The first-order valence-electron chi connectivity index (χ1n) is 5.12. The molecule has 1 rings (SSSR count). The molecule has 0 amide bonds. The number of alkyl halides is 3. The number of hydrogen-bond donors (Lipinski definition) is 1. The van der Waals surface area contributed by atoms with Gasteiger partial charge in [-0.2, -0.15) is 13.2 Å². The highest BCUT2D eigenvalue weighted by Crippen LogP contribution is 2.25. The fraction of sp³-hybridized carbons (Fsp3) is 0.455. The molecule has 0 aliphatic carbocycles. The Bertz CT molecular complexity index is 393. The highest BCUT2D eigenvalue weighted by Gasteiger charge is 2.27. The number of ether oxygens (including phenoxy) is 2. The molecule has 0 heterocycles. The van der Waals surface area contributed by atoms with Gasteiger partial charge in [-0.3, -0.25) is 0 Å². The Morgan fingerprint density at radius 3 is 2.56 bits per heavy atom. The summed E-state index contributed by atoms with van der Waals surface area (Å²) in [4.78, 5) is 0. The van der Waals surface area contributed by atoms with Gasteiger partial charge < -0.3 is 15.2 Å². The standard InChI is InChI=1S/C11H13F4NO2/c1-7(16)9-3-2-8(12)4-10(9)18-6-17-5-11(13,14)15/h2-4,7H,5-6,16H2,1H3. The lowest BCUT2D eigenvalue weighted by atomic mass is 10.1. The molecular weight excluding hydrogens is 254 g/mol. The Balaban J connectivity index is 2.58. The summed E-state index contributed by atoms with van der Waals surface area (Å²) in [7, 11) is 0. The van der Waals surface area contributed by atoms with Crippen LogP contribution < -0.4 is 10.5 Å². The van der Waals surface area contributed by atoms with Gasteiger partial charge in [-0.05, 0) is 13.0 Å². The second-order valence-corrected chi connectivity index (χ2v) is 3.70. The largest absolute Gasteiger partial charge is 0.467 e. The fourth-order valence-corrected chi connectivity index (χ4v) is 1.27. The van der Waals surface area contributed by atoms with Gasteiger partial charge in [0, 0.05) is 17.7 Å². The molecule has 0 aliphatic heterocycles. The Hall–Kier alpha value is -1.34. The molecule has 7 heteroatoms. The summed E-state index contributed by atoms with van der Waals surface area (Å²) in [5.41, 5.74) is 6.11. The summed E-state index contributed by atoms with van der Waals surface area (Å²) in [5, 5.41) is 0. The van der Waals surface area contributed by atoms with Gasteiger partial charge in [0.1, 0.15) is 18.2 Å². The zero-order chi connectivity index (χ0) is 13.8. The molecule has 0 radical (unpaired) electrons. The zero-order valence-electron chi connectivity index (χ0n) is 9.63. The van der Waals surface area contributed by atoms with E-state index >= 15 is 0 Å². The van der Waals surface area contributed by atoms with Crippen LogP contribution in [0.1, 0.15) is 18.5 Å². The smallest absolute Gasteiger partial charge is 0.411 e. The van der Waals surface area contributed by atoms with E-state index in [4.69, 9.17) is 10.5 Å². The molecule has 0 saturated carbocycles. The van der Waals surface area contributed by atoms with E-state index in [1.807, 2.05) is 0 Å². The van der Waals surface area contributed by atoms with Gasteiger partial charge in [0.15, 0.2) is 6.79 Å². The molecule has 0 aromatic heterocycles. The van der Waals surface area contributed by atoms with Crippen molar-refractivity contribution in [3.05, 3.63) is 29.6 Å². The van der Waals surface area contributed by atoms with Gasteiger partial charge in [0.2, 0.25) is 0 Å². The van der Waals surface area contributed by atoms with Crippen molar-refractivity contribution in [1.82, 2.24) is 0 Å². The molecule has 1 aromatic carbocycles. The third-order valence-corrected chi connectivity index (χ3v) is 2.03. The van der Waals surface area contributed by atoms with Crippen LogP contribution >= 0.6 is 0 Å². The van der Waals surface area contributed by atoms with Crippen molar-refractivity contribution < 1.29 is 27.0 Å². The Morgan fingerprint density at radius 2 is 2.00 bits per heavy atom. The normalized spacial score (nSPS) is 13.4. The van der Waals surface area contributed by atoms with E-state index in [9.17, 15) is 17.6 Å². The van der Waals surface area contributed by atoms with Crippen LogP contribution in [0.4, 0.5) is 17.6 Å². The summed E-state index contributed by atoms with van der Waals surface area (Å²) < 4.78 is 57.5. The van der Waals surface area contributed by atoms with Crippen LogP contribution in [-0.4, -0.2) is 19.6 Å². The molecular formula is C11H13F4NO2. The predicted octanol–water partition coefficient (Wildman–Crippen LogP) is 2.76. The molecule has 0 bridgehead atoms. The molecule has 1 aromatic rings. The number of benzene rings is 1. The summed E-state index contributed by atoms with van der Waals surface area (Å²) in [6, 6.07) is 3.24. The van der Waals surface area contributed by atoms with E-state index in [1.165, 1.54) is 12.1 Å². The van der Waals surface area contributed by atoms with E-state index in [0.29, 0.717) is 5.56 Å². The quantitative estimate of drug-likeness (QED) is 0.507. The second-order valence-electron chi connectivity index (χ2n) is 3.70. The third kappa shape index (κ3) is 4.89. The lowest BCUT2D eigenvalue weighted by Gasteiger charge is -2.14. The maximum atomic E-state index is 13.0. The first-order valence-corrected chi connectivity index (χ1v) is 5.12. The molecule has 0 spiro atoms. The number of rotatable bonds is 5. The van der Waals surface area contributed by atoms with Gasteiger partial charge in [-0.15, -0.1) is 0 Å².